The lowest BCUT2D eigenvalue weighted by atomic mass is 10.2. The maximum atomic E-state index is 4.59. The van der Waals surface area contributed by atoms with Crippen LogP contribution in [0.2, 0.25) is 0 Å². The second-order valence-corrected chi connectivity index (χ2v) is 6.22. The molecule has 0 aliphatic rings. The van der Waals surface area contributed by atoms with Crippen molar-refractivity contribution in [3.8, 4) is 0 Å². The molecule has 0 aromatic carbocycles. The summed E-state index contributed by atoms with van der Waals surface area (Å²) in [5.74, 6) is 0. The lowest BCUT2D eigenvalue weighted by molar-refractivity contribution is 0.574. The minimum Gasteiger partial charge on any atom is -0.307 e. The van der Waals surface area contributed by atoms with Gasteiger partial charge in [0.1, 0.15) is 5.65 Å². The maximum absolute atomic E-state index is 4.59. The molecule has 3 aromatic rings. The highest BCUT2D eigenvalue weighted by Gasteiger charge is 2.13. The summed E-state index contributed by atoms with van der Waals surface area (Å²) in [5.41, 5.74) is 3.17. The first kappa shape index (κ1) is 13.3. The van der Waals surface area contributed by atoms with Crippen LogP contribution < -0.4 is 5.32 Å². The van der Waals surface area contributed by atoms with E-state index in [-0.39, 0.29) is 0 Å². The highest BCUT2D eigenvalue weighted by Crippen LogP contribution is 2.24. The van der Waals surface area contributed by atoms with Crippen LogP contribution in [0.5, 0.6) is 0 Å². The highest BCUT2D eigenvalue weighted by molar-refractivity contribution is 7.11. The largest absolute Gasteiger partial charge is 0.307 e. The van der Waals surface area contributed by atoms with Crippen molar-refractivity contribution in [1.29, 1.82) is 0 Å². The fourth-order valence-electron chi connectivity index (χ4n) is 2.37. The van der Waals surface area contributed by atoms with Crippen LogP contribution in [-0.2, 0) is 6.54 Å². The van der Waals surface area contributed by atoms with E-state index in [1.165, 1.54) is 4.88 Å². The highest BCUT2D eigenvalue weighted by atomic mass is 32.1. The van der Waals surface area contributed by atoms with Crippen molar-refractivity contribution in [1.82, 2.24) is 19.7 Å². The minimum absolute atomic E-state index is 0.297. The zero-order valence-electron chi connectivity index (χ0n) is 11.9. The number of aryl methyl sites for hydroxylation is 2. The molecule has 5 heteroatoms. The van der Waals surface area contributed by atoms with Crippen molar-refractivity contribution in [2.45, 2.75) is 33.4 Å². The first-order valence-electron chi connectivity index (χ1n) is 6.73. The van der Waals surface area contributed by atoms with Gasteiger partial charge in [-0.2, -0.15) is 0 Å². The molecule has 0 fully saturated rings. The van der Waals surface area contributed by atoms with Crippen LogP contribution in [0.1, 0.15) is 34.2 Å². The van der Waals surface area contributed by atoms with E-state index in [9.17, 15) is 0 Å². The standard InChI is InChI=1S/C15H18N4S/c1-10(15-11(2)17-12(3)20-15)16-8-13-9-19-7-5-4-6-14(19)18-13/h4-7,9-10,16H,8H2,1-3H3. The Kier molecular flexibility index (Phi) is 3.54. The summed E-state index contributed by atoms with van der Waals surface area (Å²) in [6.07, 6.45) is 4.09. The second-order valence-electron chi connectivity index (χ2n) is 4.98. The quantitative estimate of drug-likeness (QED) is 0.800. The van der Waals surface area contributed by atoms with Gasteiger partial charge in [-0.3, -0.25) is 0 Å². The number of rotatable bonds is 4. The molecular weight excluding hydrogens is 268 g/mol. The van der Waals surface area contributed by atoms with E-state index in [1.807, 2.05) is 28.8 Å². The third kappa shape index (κ3) is 2.59. The van der Waals surface area contributed by atoms with E-state index >= 15 is 0 Å². The first-order chi connectivity index (χ1) is 9.63. The van der Waals surface area contributed by atoms with Crippen LogP contribution in [-0.4, -0.2) is 14.4 Å². The van der Waals surface area contributed by atoms with E-state index in [1.54, 1.807) is 11.3 Å². The number of pyridine rings is 1. The average Bonchev–Trinajstić information content (AvgIpc) is 2.98. The average molecular weight is 286 g/mol. The van der Waals surface area contributed by atoms with E-state index in [4.69, 9.17) is 0 Å². The van der Waals surface area contributed by atoms with Crippen molar-refractivity contribution in [3.05, 3.63) is 51.9 Å². The molecule has 3 rings (SSSR count). The van der Waals surface area contributed by atoms with Crippen molar-refractivity contribution in [2.75, 3.05) is 0 Å². The van der Waals surface area contributed by atoms with Crippen LogP contribution in [0, 0.1) is 13.8 Å². The monoisotopic (exact) mass is 286 g/mol. The number of aromatic nitrogens is 3. The van der Waals surface area contributed by atoms with Gasteiger partial charge in [-0.25, -0.2) is 9.97 Å². The van der Waals surface area contributed by atoms with Crippen molar-refractivity contribution in [3.63, 3.8) is 0 Å². The Morgan fingerprint density at radius 3 is 2.85 bits per heavy atom. The van der Waals surface area contributed by atoms with E-state index in [0.717, 1.165) is 28.6 Å². The first-order valence-corrected chi connectivity index (χ1v) is 7.55. The molecule has 1 N–H and O–H groups in total. The fraction of sp³-hybridized carbons (Fsp3) is 0.333. The number of hydrogen-bond donors (Lipinski definition) is 1. The van der Waals surface area contributed by atoms with Crippen molar-refractivity contribution >= 4 is 17.0 Å². The van der Waals surface area contributed by atoms with Crippen molar-refractivity contribution in [2.24, 2.45) is 0 Å². The minimum atomic E-state index is 0.297. The van der Waals surface area contributed by atoms with Gasteiger partial charge >= 0.3 is 0 Å². The predicted molar refractivity (Wildman–Crippen MR) is 82.0 cm³/mol. The summed E-state index contributed by atoms with van der Waals surface area (Å²) >= 11 is 1.76. The van der Waals surface area contributed by atoms with Gasteiger partial charge in [-0.1, -0.05) is 6.07 Å². The summed E-state index contributed by atoms with van der Waals surface area (Å²) < 4.78 is 2.05. The molecule has 0 amide bonds. The van der Waals surface area contributed by atoms with Gasteiger partial charge in [-0.05, 0) is 32.9 Å². The predicted octanol–water partition coefficient (Wildman–Crippen LogP) is 3.26. The van der Waals surface area contributed by atoms with Gasteiger partial charge in [0.05, 0.1) is 16.4 Å². The lowest BCUT2D eigenvalue weighted by Crippen LogP contribution is -2.18. The Bertz CT molecular complexity index is 695. The molecule has 20 heavy (non-hydrogen) atoms. The van der Waals surface area contributed by atoms with Crippen LogP contribution in [0.4, 0.5) is 0 Å². The number of fused-ring (bicyclic) bond motifs is 1. The SMILES string of the molecule is Cc1nc(C)c(C(C)NCc2cn3ccccc3n2)s1. The number of nitrogens with zero attached hydrogens (tertiary/aromatic N) is 3. The molecule has 4 nitrogen and oxygen atoms in total. The summed E-state index contributed by atoms with van der Waals surface area (Å²) in [6, 6.07) is 6.33. The molecule has 0 bridgehead atoms. The molecule has 0 saturated carbocycles. The molecule has 0 saturated heterocycles. The normalized spacial score (nSPS) is 12.9. The number of imidazole rings is 1. The van der Waals surface area contributed by atoms with Gasteiger partial charge in [0.25, 0.3) is 0 Å². The maximum Gasteiger partial charge on any atom is 0.137 e. The molecule has 1 atom stereocenters. The second kappa shape index (κ2) is 5.34. The van der Waals surface area contributed by atoms with Gasteiger partial charge < -0.3 is 9.72 Å². The third-order valence-corrected chi connectivity index (χ3v) is 4.59. The Morgan fingerprint density at radius 2 is 2.15 bits per heavy atom. The molecular formula is C15H18N4S. The molecule has 1 unspecified atom stereocenters. The van der Waals surface area contributed by atoms with Crippen LogP contribution in [0.25, 0.3) is 5.65 Å². The summed E-state index contributed by atoms with van der Waals surface area (Å²) in [5, 5.41) is 4.65. The Morgan fingerprint density at radius 1 is 1.30 bits per heavy atom. The molecule has 104 valence electrons. The Hall–Kier alpha value is -1.72. The summed E-state index contributed by atoms with van der Waals surface area (Å²) in [6.45, 7) is 7.06. The fourth-order valence-corrected chi connectivity index (χ4v) is 3.33. The Balaban J connectivity index is 1.71. The molecule has 3 aromatic heterocycles. The molecule has 0 radical (unpaired) electrons. The number of nitrogens with one attached hydrogen (secondary N) is 1. The van der Waals surface area contributed by atoms with Crippen LogP contribution in [0.15, 0.2) is 30.6 Å². The van der Waals surface area contributed by atoms with Crippen molar-refractivity contribution < 1.29 is 0 Å². The zero-order valence-corrected chi connectivity index (χ0v) is 12.7. The van der Waals surface area contributed by atoms with E-state index in [2.05, 4.69) is 42.3 Å². The van der Waals surface area contributed by atoms with Gasteiger partial charge in [0.2, 0.25) is 0 Å². The van der Waals surface area contributed by atoms with E-state index < -0.39 is 0 Å². The molecule has 0 aliphatic heterocycles. The molecule has 3 heterocycles. The van der Waals surface area contributed by atoms with Gasteiger partial charge in [0.15, 0.2) is 0 Å². The van der Waals surface area contributed by atoms with Crippen LogP contribution >= 0.6 is 11.3 Å². The number of thiazole rings is 1. The zero-order chi connectivity index (χ0) is 14.1. The van der Waals surface area contributed by atoms with Gasteiger partial charge in [0, 0.05) is 29.9 Å². The topological polar surface area (TPSA) is 42.2 Å². The lowest BCUT2D eigenvalue weighted by Gasteiger charge is -2.11. The van der Waals surface area contributed by atoms with Crippen LogP contribution in [0.3, 0.4) is 0 Å². The van der Waals surface area contributed by atoms with Gasteiger partial charge in [-0.15, -0.1) is 11.3 Å². The van der Waals surface area contributed by atoms with E-state index in [0.29, 0.717) is 6.04 Å². The molecule has 0 spiro atoms. The Labute approximate surface area is 122 Å². The summed E-state index contributed by atoms with van der Waals surface area (Å²) in [4.78, 5) is 10.4. The number of hydrogen-bond acceptors (Lipinski definition) is 4. The molecule has 0 aliphatic carbocycles. The third-order valence-electron chi connectivity index (χ3n) is 3.34. The smallest absolute Gasteiger partial charge is 0.137 e. The summed E-state index contributed by atoms with van der Waals surface area (Å²) in [7, 11) is 0.